The molecule has 6 heteroatoms. The van der Waals surface area contributed by atoms with Crippen molar-refractivity contribution < 1.29 is 18.4 Å². The summed E-state index contributed by atoms with van der Waals surface area (Å²) in [5.74, 6) is 2.49. The van der Waals surface area contributed by atoms with Gasteiger partial charge >= 0.3 is 12.6 Å². The minimum atomic E-state index is -1.51. The van der Waals surface area contributed by atoms with E-state index in [4.69, 9.17) is 9.47 Å². The number of ether oxygens (including phenoxy) is 2. The first kappa shape index (κ1) is 22.9. The highest BCUT2D eigenvalue weighted by Crippen LogP contribution is 2.51. The highest BCUT2D eigenvalue weighted by atomic mass is 16.5. The second-order valence-electron chi connectivity index (χ2n) is 13.1. The van der Waals surface area contributed by atoms with Crippen LogP contribution < -0.4 is 10.9 Å². The van der Waals surface area contributed by atoms with Gasteiger partial charge in [0, 0.05) is 0 Å². The van der Waals surface area contributed by atoms with Crippen LogP contribution in [-0.2, 0) is 9.47 Å². The summed E-state index contributed by atoms with van der Waals surface area (Å²) in [4.78, 5) is 0. The Bertz CT molecular complexity index is 1420. The van der Waals surface area contributed by atoms with Crippen molar-refractivity contribution in [2.75, 3.05) is 13.2 Å². The van der Waals surface area contributed by atoms with Gasteiger partial charge in [-0.1, -0.05) is 108 Å². The maximum atomic E-state index is 6.92. The Morgan fingerprint density at radius 1 is 0.676 bits per heavy atom. The number of nitrogens with zero attached hydrogens (tertiary/aromatic N) is 2. The summed E-state index contributed by atoms with van der Waals surface area (Å²) < 4.78 is 19.3. The highest BCUT2D eigenvalue weighted by molar-refractivity contribution is 7.33. The lowest BCUT2D eigenvalue weighted by atomic mass is 9.06. The fraction of sp³-hybridized carbons (Fsp3) is 0.355. The normalized spacial score (nSPS) is 30.6. The van der Waals surface area contributed by atoms with Crippen molar-refractivity contribution in [3.05, 3.63) is 96.1 Å². The summed E-state index contributed by atoms with van der Waals surface area (Å²) in [6.45, 7) is 12.9. The minimum Gasteiger partial charge on any atom is -0.478 e. The average molecular weight is 490 g/mol. The van der Waals surface area contributed by atoms with Crippen LogP contribution in [-0.4, -0.2) is 57.4 Å². The van der Waals surface area contributed by atoms with Crippen molar-refractivity contribution in [3.8, 4) is 0 Å². The predicted octanol–water partition coefficient (Wildman–Crippen LogP) is 3.87. The summed E-state index contributed by atoms with van der Waals surface area (Å²) in [6, 6.07) is 31.5. The van der Waals surface area contributed by atoms with E-state index in [0.29, 0.717) is 13.2 Å². The van der Waals surface area contributed by atoms with Crippen LogP contribution in [0.2, 0.25) is 6.32 Å². The molecule has 0 aromatic heterocycles. The molecule has 5 heterocycles. The molecule has 0 unspecified atom stereocenters. The SMILES string of the molecule is Cc1ccc([C@@H]2C[B-]3(c4ccccc4)[N+]4=C(OCC4(C)C)[B-]2(c2ccccc2)C2=[N+]3C(C)(C)CO2)cc1. The second kappa shape index (κ2) is 7.40. The van der Waals surface area contributed by atoms with E-state index in [1.807, 2.05) is 0 Å². The van der Waals surface area contributed by atoms with Gasteiger partial charge in [0.2, 0.25) is 0 Å². The van der Waals surface area contributed by atoms with Crippen LogP contribution in [0.15, 0.2) is 84.9 Å². The molecule has 0 N–H and O–H groups in total. The molecule has 0 saturated carbocycles. The van der Waals surface area contributed by atoms with E-state index in [-0.39, 0.29) is 16.9 Å². The van der Waals surface area contributed by atoms with Crippen molar-refractivity contribution >= 4 is 35.1 Å². The smallest absolute Gasteiger partial charge is 0.478 e. The van der Waals surface area contributed by atoms with Gasteiger partial charge in [-0.25, -0.2) is 0 Å². The van der Waals surface area contributed by atoms with Gasteiger partial charge in [0.05, 0.1) is 0 Å². The number of hydrogen-bond acceptors (Lipinski definition) is 2. The summed E-state index contributed by atoms with van der Waals surface area (Å²) in [6.07, 6.45) is -1.88. The maximum absolute atomic E-state index is 6.92. The van der Waals surface area contributed by atoms with Gasteiger partial charge in [-0.05, 0) is 34.6 Å². The van der Waals surface area contributed by atoms with Crippen LogP contribution in [0.25, 0.3) is 0 Å². The molecule has 5 aliphatic heterocycles. The van der Waals surface area contributed by atoms with E-state index in [1.54, 1.807) is 0 Å². The van der Waals surface area contributed by atoms with Gasteiger partial charge in [0.1, 0.15) is 35.9 Å². The zero-order chi connectivity index (χ0) is 25.6. The lowest BCUT2D eigenvalue weighted by molar-refractivity contribution is -0.600. The highest BCUT2D eigenvalue weighted by Gasteiger charge is 2.78. The molecule has 5 aliphatic rings. The average Bonchev–Trinajstić information content (AvgIpc) is 3.43. The molecule has 0 radical (unpaired) electrons. The first-order valence-electron chi connectivity index (χ1n) is 13.8. The zero-order valence-electron chi connectivity index (χ0n) is 22.6. The third kappa shape index (κ3) is 2.76. The van der Waals surface area contributed by atoms with Crippen molar-refractivity contribution in [1.29, 1.82) is 0 Å². The Kier molecular flexibility index (Phi) is 4.58. The van der Waals surface area contributed by atoms with Gasteiger partial charge in [0.25, 0.3) is 0 Å². The summed E-state index contributed by atoms with van der Waals surface area (Å²) in [7, 11) is 0. The maximum Gasteiger partial charge on any atom is 0.562 e. The van der Waals surface area contributed by atoms with E-state index in [9.17, 15) is 0 Å². The van der Waals surface area contributed by atoms with Crippen LogP contribution >= 0.6 is 0 Å². The van der Waals surface area contributed by atoms with E-state index in [1.165, 1.54) is 22.1 Å². The predicted molar refractivity (Wildman–Crippen MR) is 153 cm³/mol. The Hall–Kier alpha value is -3.27. The molecule has 0 spiro atoms. The van der Waals surface area contributed by atoms with Gasteiger partial charge in [0.15, 0.2) is 0 Å². The molecule has 1 atom stereocenters. The summed E-state index contributed by atoms with van der Waals surface area (Å²) >= 11 is 0. The van der Waals surface area contributed by atoms with Gasteiger partial charge in [-0.3, -0.25) is 0 Å². The Morgan fingerprint density at radius 3 is 1.68 bits per heavy atom. The molecule has 188 valence electrons. The fourth-order valence-corrected chi connectivity index (χ4v) is 8.70. The molecular formula is C31H36B2N2O2. The van der Waals surface area contributed by atoms with Crippen LogP contribution in [0.1, 0.15) is 44.6 Å². The molecule has 0 fully saturated rings. The van der Waals surface area contributed by atoms with Crippen LogP contribution in [0.4, 0.5) is 0 Å². The molecule has 8 rings (SSSR count). The monoisotopic (exact) mass is 490 g/mol. The molecule has 3 aromatic rings. The second-order valence-corrected chi connectivity index (χ2v) is 13.1. The Labute approximate surface area is 220 Å². The van der Waals surface area contributed by atoms with Crippen molar-refractivity contribution in [3.63, 3.8) is 0 Å². The van der Waals surface area contributed by atoms with Crippen molar-refractivity contribution in [1.82, 2.24) is 0 Å². The minimum absolute atomic E-state index is 0.143. The van der Waals surface area contributed by atoms with Crippen molar-refractivity contribution in [2.24, 2.45) is 0 Å². The summed E-state index contributed by atoms with van der Waals surface area (Å²) in [5, 5.41) is 0. The van der Waals surface area contributed by atoms with Gasteiger partial charge in [-0.2, -0.15) is 5.46 Å². The molecular weight excluding hydrogens is 454 g/mol. The Morgan fingerprint density at radius 2 is 1.16 bits per heavy atom. The molecule has 2 bridgehead atoms. The standard InChI is InChI=1S/C31H36B2N2O2/c1-23-16-18-24(19-17-23)27-20-32(25-12-8-6-9-13-25)34-28(36-21-30(34,2)3)33(27,26-14-10-7-11-15-26)29-35(32)31(4,5)22-37-29/h6-19,27H,20-22H2,1-5H3/t27-,32?,33?/m0/s1. The first-order chi connectivity index (χ1) is 17.7. The van der Waals surface area contributed by atoms with Crippen molar-refractivity contribution in [2.45, 2.75) is 57.8 Å². The topological polar surface area (TPSA) is 24.5 Å². The largest absolute Gasteiger partial charge is 0.562 e. The molecule has 0 saturated heterocycles. The van der Waals surface area contributed by atoms with E-state index < -0.39 is 12.6 Å². The number of rotatable bonds is 3. The third-order valence-electron chi connectivity index (χ3n) is 9.91. The number of aryl methyl sites for hydroxylation is 1. The fourth-order valence-electron chi connectivity index (χ4n) is 8.70. The van der Waals surface area contributed by atoms with E-state index in [2.05, 4.69) is 129 Å². The molecule has 3 aromatic carbocycles. The number of benzene rings is 3. The quantitative estimate of drug-likeness (QED) is 0.521. The van der Waals surface area contributed by atoms with Crippen LogP contribution in [0.5, 0.6) is 0 Å². The first-order valence-corrected chi connectivity index (χ1v) is 13.8. The van der Waals surface area contributed by atoms with Gasteiger partial charge in [-0.15, -0.1) is 5.82 Å². The van der Waals surface area contributed by atoms with Crippen LogP contribution in [0.3, 0.4) is 0 Å². The zero-order valence-corrected chi connectivity index (χ0v) is 22.6. The van der Waals surface area contributed by atoms with Gasteiger partial charge < -0.3 is 18.4 Å². The lowest BCUT2D eigenvalue weighted by Gasteiger charge is -2.58. The Balaban J connectivity index is 1.67. The third-order valence-corrected chi connectivity index (χ3v) is 9.91. The molecule has 37 heavy (non-hydrogen) atoms. The molecule has 4 nitrogen and oxygen atoms in total. The number of fused-ring (bicyclic) bond motifs is 1. The van der Waals surface area contributed by atoms with E-state index in [0.717, 1.165) is 17.9 Å². The molecule has 0 amide bonds. The lowest BCUT2D eigenvalue weighted by Crippen LogP contribution is -2.87. The van der Waals surface area contributed by atoms with Crippen LogP contribution in [0, 0.1) is 6.92 Å². The summed E-state index contributed by atoms with van der Waals surface area (Å²) in [5.41, 5.74) is 5.04. The number of hydrogen-bond donors (Lipinski definition) is 0. The molecule has 0 aliphatic carbocycles. The van der Waals surface area contributed by atoms with E-state index >= 15 is 0 Å².